The van der Waals surface area contributed by atoms with E-state index in [1.54, 1.807) is 0 Å². The van der Waals surface area contributed by atoms with Crippen molar-refractivity contribution in [2.24, 2.45) is 0 Å². The van der Waals surface area contributed by atoms with Gasteiger partial charge in [0.1, 0.15) is 13.2 Å². The van der Waals surface area contributed by atoms with Crippen LogP contribution in [0.2, 0.25) is 0 Å². The number of aliphatic hydroxyl groups excluding tert-OH is 7. The zero-order valence-electron chi connectivity index (χ0n) is 18.7. The average molecular weight is 475 g/mol. The molecule has 11 nitrogen and oxygen atoms in total. The lowest BCUT2D eigenvalue weighted by Crippen LogP contribution is -2.30. The third-order valence-electron chi connectivity index (χ3n) is 5.16. The van der Waals surface area contributed by atoms with E-state index in [1.165, 1.54) is 25.7 Å². The summed E-state index contributed by atoms with van der Waals surface area (Å²) in [7, 11) is 0. The number of aliphatic hydroxyl groups is 7. The van der Waals surface area contributed by atoms with Gasteiger partial charge in [-0.15, -0.1) is 0 Å². The third kappa shape index (κ3) is 6.94. The van der Waals surface area contributed by atoms with Crippen molar-refractivity contribution >= 4 is 0 Å². The van der Waals surface area contributed by atoms with E-state index in [4.69, 9.17) is 18.9 Å². The van der Waals surface area contributed by atoms with Gasteiger partial charge < -0.3 is 54.7 Å². The van der Waals surface area contributed by atoms with Crippen LogP contribution in [-0.4, -0.2) is 67.8 Å². The summed E-state index contributed by atoms with van der Waals surface area (Å²) in [4.78, 5) is 0. The largest absolute Gasteiger partial charge is 0.506 e. The minimum atomic E-state index is -1.94. The van der Waals surface area contributed by atoms with E-state index in [2.05, 4.69) is 6.92 Å². The molecule has 0 unspecified atom stereocenters. The second-order valence-corrected chi connectivity index (χ2v) is 7.69. The normalized spacial score (nSPS) is 21.4. The van der Waals surface area contributed by atoms with E-state index in [1.807, 2.05) is 0 Å². The Kier molecular flexibility index (Phi) is 10.7. The van der Waals surface area contributed by atoms with Gasteiger partial charge in [0.05, 0.1) is 6.61 Å². The molecule has 2 heterocycles. The van der Waals surface area contributed by atoms with Crippen LogP contribution in [0.1, 0.15) is 58.3 Å². The van der Waals surface area contributed by atoms with Gasteiger partial charge in [-0.2, -0.15) is 0 Å². The van der Waals surface area contributed by atoms with E-state index in [0.29, 0.717) is 6.42 Å². The zero-order chi connectivity index (χ0) is 24.4. The first-order chi connectivity index (χ1) is 15.8. The highest BCUT2D eigenvalue weighted by Crippen LogP contribution is 2.33. The molecule has 0 fully saturated rings. The van der Waals surface area contributed by atoms with Crippen LogP contribution in [0.25, 0.3) is 0 Å². The zero-order valence-corrected chi connectivity index (χ0v) is 18.7. The molecule has 0 bridgehead atoms. The maximum Gasteiger partial charge on any atom is 0.333 e. The van der Waals surface area contributed by atoms with E-state index in [9.17, 15) is 35.7 Å². The second kappa shape index (κ2) is 13.2. The van der Waals surface area contributed by atoms with Crippen molar-refractivity contribution in [3.8, 4) is 0 Å². The molecule has 0 aliphatic carbocycles. The molecule has 0 saturated heterocycles. The van der Waals surface area contributed by atoms with Crippen molar-refractivity contribution in [3.05, 3.63) is 46.4 Å². The van der Waals surface area contributed by atoms with Crippen molar-refractivity contribution < 1.29 is 54.7 Å². The molecule has 0 spiro atoms. The smallest absolute Gasteiger partial charge is 0.333 e. The molecule has 0 radical (unpaired) electrons. The molecule has 0 aromatic carbocycles. The monoisotopic (exact) mass is 474 g/mol. The first-order valence-electron chi connectivity index (χ1n) is 11.1. The van der Waals surface area contributed by atoms with Gasteiger partial charge in [-0.05, 0) is 6.42 Å². The number of rotatable bonds is 14. The fourth-order valence-electron chi connectivity index (χ4n) is 3.23. The minimum Gasteiger partial charge on any atom is -0.506 e. The van der Waals surface area contributed by atoms with E-state index >= 15 is 0 Å². The first kappa shape index (κ1) is 26.7. The average Bonchev–Trinajstić information content (AvgIpc) is 2.82. The molecule has 2 rings (SSSR count). The van der Waals surface area contributed by atoms with Gasteiger partial charge in [0.2, 0.25) is 11.5 Å². The minimum absolute atomic E-state index is 0.223. The maximum atomic E-state index is 10.4. The predicted octanol–water partition coefficient (Wildman–Crippen LogP) is 2.36. The summed E-state index contributed by atoms with van der Waals surface area (Å²) in [6.07, 6.45) is 4.94. The molecule has 2 aliphatic heterocycles. The predicted molar refractivity (Wildman–Crippen MR) is 114 cm³/mol. The Morgan fingerprint density at radius 2 is 1.24 bits per heavy atom. The van der Waals surface area contributed by atoms with Crippen LogP contribution in [-0.2, 0) is 18.9 Å². The standard InChI is InChI=1S/C22H34O11/c1-2-3-4-5-6-7-8-9-10-30-21-19(29)17(27)20(14(12-24)32-21)33-22-18(28)16(26)15(25)13(11-23)31-22/h16-17,23-29H,2-12H2,1H3/t16-,17-/m0/s1. The fraction of sp³-hybridized carbons (Fsp3) is 0.636. The van der Waals surface area contributed by atoms with Crippen LogP contribution < -0.4 is 0 Å². The van der Waals surface area contributed by atoms with Gasteiger partial charge >= 0.3 is 11.9 Å². The SMILES string of the molecule is CCCCCCCCCCOC1=C(O)[C@H](O)C(OC2=C(O)[C@@H](O)C(O)=C(CO)O2)=C(CO)O1. The summed E-state index contributed by atoms with van der Waals surface area (Å²) in [6.45, 7) is 0.801. The summed E-state index contributed by atoms with van der Waals surface area (Å²) in [5, 5.41) is 68.9. The van der Waals surface area contributed by atoms with Gasteiger partial charge in [0, 0.05) is 0 Å². The van der Waals surface area contributed by atoms with Crippen LogP contribution in [0.5, 0.6) is 0 Å². The summed E-state index contributed by atoms with van der Waals surface area (Å²) in [5.74, 6) is -5.06. The second-order valence-electron chi connectivity index (χ2n) is 7.69. The Labute approximate surface area is 192 Å². The molecular formula is C22H34O11. The molecular weight excluding hydrogens is 440 g/mol. The van der Waals surface area contributed by atoms with Crippen molar-refractivity contribution in [3.63, 3.8) is 0 Å². The Balaban J connectivity index is 1.94. The van der Waals surface area contributed by atoms with Crippen LogP contribution in [0.3, 0.4) is 0 Å². The van der Waals surface area contributed by atoms with E-state index < -0.39 is 66.1 Å². The van der Waals surface area contributed by atoms with Crippen LogP contribution in [0.15, 0.2) is 46.4 Å². The molecule has 2 aliphatic rings. The summed E-state index contributed by atoms with van der Waals surface area (Å²) in [6, 6.07) is 0. The Morgan fingerprint density at radius 1 is 0.697 bits per heavy atom. The lowest BCUT2D eigenvalue weighted by molar-refractivity contribution is -0.0334. The number of ether oxygens (including phenoxy) is 4. The van der Waals surface area contributed by atoms with Gasteiger partial charge in [-0.3, -0.25) is 0 Å². The van der Waals surface area contributed by atoms with E-state index in [-0.39, 0.29) is 12.4 Å². The van der Waals surface area contributed by atoms with Crippen LogP contribution in [0.4, 0.5) is 0 Å². The van der Waals surface area contributed by atoms with Crippen molar-refractivity contribution in [2.75, 3.05) is 19.8 Å². The van der Waals surface area contributed by atoms with Gasteiger partial charge in [-0.1, -0.05) is 51.9 Å². The number of unbranched alkanes of at least 4 members (excludes halogenated alkanes) is 7. The molecule has 0 saturated carbocycles. The molecule has 0 aromatic rings. The van der Waals surface area contributed by atoms with Gasteiger partial charge in [-0.25, -0.2) is 0 Å². The fourth-order valence-corrected chi connectivity index (χ4v) is 3.23. The van der Waals surface area contributed by atoms with Crippen LogP contribution in [0, 0.1) is 0 Å². The van der Waals surface area contributed by atoms with Crippen molar-refractivity contribution in [1.82, 2.24) is 0 Å². The Bertz CT molecular complexity index is 781. The van der Waals surface area contributed by atoms with Crippen molar-refractivity contribution in [1.29, 1.82) is 0 Å². The quantitative estimate of drug-likeness (QED) is 0.184. The lowest BCUT2D eigenvalue weighted by Gasteiger charge is -2.28. The molecule has 0 amide bonds. The summed E-state index contributed by atoms with van der Waals surface area (Å²) >= 11 is 0. The lowest BCUT2D eigenvalue weighted by atomic mass is 10.1. The van der Waals surface area contributed by atoms with Crippen LogP contribution >= 0.6 is 0 Å². The number of hydrogen-bond acceptors (Lipinski definition) is 11. The highest BCUT2D eigenvalue weighted by Gasteiger charge is 2.38. The summed E-state index contributed by atoms with van der Waals surface area (Å²) in [5.41, 5.74) is 0. The molecule has 188 valence electrons. The first-order valence-corrected chi connectivity index (χ1v) is 11.1. The van der Waals surface area contributed by atoms with Gasteiger partial charge in [0.25, 0.3) is 0 Å². The number of hydrogen-bond donors (Lipinski definition) is 7. The Morgan fingerprint density at radius 3 is 1.85 bits per heavy atom. The highest BCUT2D eigenvalue weighted by atomic mass is 16.7. The molecule has 33 heavy (non-hydrogen) atoms. The van der Waals surface area contributed by atoms with Gasteiger partial charge in [0.15, 0.2) is 35.2 Å². The third-order valence-corrected chi connectivity index (χ3v) is 5.16. The molecule has 7 N–H and O–H groups in total. The molecule has 11 heteroatoms. The topological polar surface area (TPSA) is 179 Å². The maximum absolute atomic E-state index is 10.4. The highest BCUT2D eigenvalue weighted by molar-refractivity contribution is 5.28. The van der Waals surface area contributed by atoms with Crippen molar-refractivity contribution in [2.45, 2.75) is 70.5 Å². The Hall–Kier alpha value is -2.60. The summed E-state index contributed by atoms with van der Waals surface area (Å²) < 4.78 is 20.9. The molecule has 0 aromatic heterocycles. The van der Waals surface area contributed by atoms with E-state index in [0.717, 1.165) is 19.3 Å². The molecule has 2 atom stereocenters.